The summed E-state index contributed by atoms with van der Waals surface area (Å²) < 4.78 is 13.8. The Balaban J connectivity index is 1.76. The average Bonchev–Trinajstić information content (AvgIpc) is 2.97. The molecule has 0 atom stereocenters. The molecule has 2 aromatic carbocycles. The molecule has 0 saturated heterocycles. The van der Waals surface area contributed by atoms with Crippen LogP contribution in [0.2, 0.25) is 0 Å². The number of isothiocyanates is 1. The van der Waals surface area contributed by atoms with Crippen molar-refractivity contribution in [2.45, 2.75) is 26.2 Å². The van der Waals surface area contributed by atoms with Crippen LogP contribution >= 0.6 is 12.2 Å². The monoisotopic (exact) mass is 335 g/mol. The van der Waals surface area contributed by atoms with E-state index in [4.69, 9.17) is 0 Å². The predicted molar refractivity (Wildman–Crippen MR) is 103 cm³/mol. The minimum atomic E-state index is -0.392. The van der Waals surface area contributed by atoms with E-state index in [1.165, 1.54) is 29.2 Å². The number of halogens is 1. The van der Waals surface area contributed by atoms with E-state index in [2.05, 4.69) is 53.6 Å². The topological polar surface area (TPSA) is 12.4 Å². The van der Waals surface area contributed by atoms with Crippen molar-refractivity contribution in [3.05, 3.63) is 70.0 Å². The number of aliphatic imine (C=N–C) groups is 1. The highest BCUT2D eigenvalue weighted by molar-refractivity contribution is 7.78. The van der Waals surface area contributed by atoms with Gasteiger partial charge in [-0.1, -0.05) is 61.4 Å². The van der Waals surface area contributed by atoms with E-state index in [9.17, 15) is 4.39 Å². The molecule has 0 N–H and O–H groups in total. The minimum Gasteiger partial charge on any atom is -0.205 e. The fraction of sp³-hybridized carbons (Fsp3) is 0.190. The Kier molecular flexibility index (Phi) is 5.14. The van der Waals surface area contributed by atoms with Crippen molar-refractivity contribution in [3.8, 4) is 0 Å². The summed E-state index contributed by atoms with van der Waals surface area (Å²) in [6, 6.07) is 11.4. The van der Waals surface area contributed by atoms with Gasteiger partial charge in [0.1, 0.15) is 11.5 Å². The van der Waals surface area contributed by atoms with Gasteiger partial charge in [-0.3, -0.25) is 0 Å². The summed E-state index contributed by atoms with van der Waals surface area (Å²) in [5.41, 5.74) is 6.34. The van der Waals surface area contributed by atoms with E-state index >= 15 is 0 Å². The molecular formula is C21H18FNS. The van der Waals surface area contributed by atoms with Gasteiger partial charge in [0.2, 0.25) is 0 Å². The SMILES string of the molecule is CCCC1=Cc2ccc(/C=C/c3ccc(N=C=S)c(F)c3)cc2C1. The van der Waals surface area contributed by atoms with Crippen molar-refractivity contribution >= 4 is 41.3 Å². The molecule has 24 heavy (non-hydrogen) atoms. The molecule has 0 saturated carbocycles. The standard InChI is InChI=1S/C21H18FNS/c1-2-3-17-11-18-8-6-15(10-19(18)12-17)4-5-16-7-9-21(23-14-24)20(22)13-16/h4-11,13H,2-3,12H2,1H3/b5-4+. The third-order valence-electron chi connectivity index (χ3n) is 4.12. The lowest BCUT2D eigenvalue weighted by Gasteiger charge is -2.02. The molecule has 0 aliphatic heterocycles. The van der Waals surface area contributed by atoms with Gasteiger partial charge in [-0.25, -0.2) is 4.39 Å². The van der Waals surface area contributed by atoms with Crippen LogP contribution in [0.1, 0.15) is 42.0 Å². The minimum absolute atomic E-state index is 0.217. The fourth-order valence-corrected chi connectivity index (χ4v) is 3.08. The van der Waals surface area contributed by atoms with E-state index in [0.29, 0.717) is 0 Å². The number of nitrogens with zero attached hydrogens (tertiary/aromatic N) is 1. The zero-order valence-corrected chi connectivity index (χ0v) is 14.4. The average molecular weight is 335 g/mol. The Labute approximate surface area is 147 Å². The first kappa shape index (κ1) is 16.5. The molecule has 0 spiro atoms. The van der Waals surface area contributed by atoms with Crippen LogP contribution in [0.25, 0.3) is 18.2 Å². The number of hydrogen-bond acceptors (Lipinski definition) is 2. The summed E-state index contributed by atoms with van der Waals surface area (Å²) in [6.45, 7) is 2.21. The molecule has 0 radical (unpaired) electrons. The second-order valence-electron chi connectivity index (χ2n) is 5.93. The third-order valence-corrected chi connectivity index (χ3v) is 4.21. The lowest BCUT2D eigenvalue weighted by Crippen LogP contribution is -1.86. The molecule has 1 aliphatic carbocycles. The van der Waals surface area contributed by atoms with Crippen LogP contribution in [-0.4, -0.2) is 5.16 Å². The van der Waals surface area contributed by atoms with Gasteiger partial charge in [0.15, 0.2) is 0 Å². The third kappa shape index (κ3) is 3.76. The number of rotatable bonds is 5. The Hall–Kier alpha value is -2.35. The number of benzene rings is 2. The molecule has 0 aromatic heterocycles. The Bertz CT molecular complexity index is 873. The van der Waals surface area contributed by atoms with Crippen LogP contribution < -0.4 is 0 Å². The first-order chi connectivity index (χ1) is 11.7. The summed E-state index contributed by atoms with van der Waals surface area (Å²) in [7, 11) is 0. The second-order valence-corrected chi connectivity index (χ2v) is 6.12. The van der Waals surface area contributed by atoms with E-state index in [1.54, 1.807) is 6.07 Å². The van der Waals surface area contributed by atoms with Gasteiger partial charge < -0.3 is 0 Å². The first-order valence-electron chi connectivity index (χ1n) is 8.07. The largest absolute Gasteiger partial charge is 0.205 e. The Morgan fingerprint density at radius 1 is 1.17 bits per heavy atom. The van der Waals surface area contributed by atoms with Crippen LogP contribution in [0.4, 0.5) is 10.1 Å². The van der Waals surface area contributed by atoms with Gasteiger partial charge in [0.25, 0.3) is 0 Å². The maximum atomic E-state index is 13.8. The van der Waals surface area contributed by atoms with Crippen molar-refractivity contribution in [3.63, 3.8) is 0 Å². The summed E-state index contributed by atoms with van der Waals surface area (Å²) in [5.74, 6) is -0.392. The van der Waals surface area contributed by atoms with Crippen molar-refractivity contribution in [1.29, 1.82) is 0 Å². The second kappa shape index (κ2) is 7.48. The van der Waals surface area contributed by atoms with Gasteiger partial charge >= 0.3 is 0 Å². The first-order valence-corrected chi connectivity index (χ1v) is 8.48. The molecule has 3 heteroatoms. The molecule has 0 bridgehead atoms. The fourth-order valence-electron chi connectivity index (χ4n) is 2.98. The van der Waals surface area contributed by atoms with Crippen LogP contribution in [0.5, 0.6) is 0 Å². The Morgan fingerprint density at radius 2 is 1.92 bits per heavy atom. The van der Waals surface area contributed by atoms with Crippen molar-refractivity contribution < 1.29 is 4.39 Å². The molecule has 3 rings (SSSR count). The lowest BCUT2D eigenvalue weighted by molar-refractivity contribution is 0.630. The van der Waals surface area contributed by atoms with Crippen LogP contribution in [-0.2, 0) is 6.42 Å². The van der Waals surface area contributed by atoms with Gasteiger partial charge in [-0.05, 0) is 59.4 Å². The highest BCUT2D eigenvalue weighted by Crippen LogP contribution is 2.29. The molecule has 0 unspecified atom stereocenters. The van der Waals surface area contributed by atoms with Gasteiger partial charge in [-0.15, -0.1) is 0 Å². The van der Waals surface area contributed by atoms with Crippen molar-refractivity contribution in [2.75, 3.05) is 0 Å². The Morgan fingerprint density at radius 3 is 2.62 bits per heavy atom. The number of thiocarbonyl (C=S) groups is 1. The van der Waals surface area contributed by atoms with Gasteiger partial charge in [-0.2, -0.15) is 4.99 Å². The van der Waals surface area contributed by atoms with Crippen molar-refractivity contribution in [1.82, 2.24) is 0 Å². The van der Waals surface area contributed by atoms with Crippen LogP contribution in [0.15, 0.2) is 47.0 Å². The summed E-state index contributed by atoms with van der Waals surface area (Å²) >= 11 is 4.50. The predicted octanol–water partition coefficient (Wildman–Crippen LogP) is 6.47. The van der Waals surface area contributed by atoms with Gasteiger partial charge in [0.05, 0.1) is 5.16 Å². The normalized spacial score (nSPS) is 12.8. The van der Waals surface area contributed by atoms with Crippen LogP contribution in [0, 0.1) is 5.82 Å². The summed E-state index contributed by atoms with van der Waals surface area (Å²) in [6.07, 6.45) is 9.61. The molecule has 120 valence electrons. The zero-order chi connectivity index (χ0) is 16.9. The highest BCUT2D eigenvalue weighted by Gasteiger charge is 2.11. The molecule has 1 nitrogen and oxygen atoms in total. The number of hydrogen-bond donors (Lipinski definition) is 0. The molecule has 2 aromatic rings. The molecule has 1 aliphatic rings. The van der Waals surface area contributed by atoms with E-state index in [-0.39, 0.29) is 5.69 Å². The quantitative estimate of drug-likeness (QED) is 0.346. The maximum Gasteiger partial charge on any atom is 0.150 e. The van der Waals surface area contributed by atoms with Crippen molar-refractivity contribution in [2.24, 2.45) is 4.99 Å². The maximum absolute atomic E-state index is 13.8. The van der Waals surface area contributed by atoms with E-state index < -0.39 is 5.82 Å². The zero-order valence-electron chi connectivity index (χ0n) is 13.6. The summed E-state index contributed by atoms with van der Waals surface area (Å²) in [5, 5.41) is 2.18. The number of fused-ring (bicyclic) bond motifs is 1. The molecular weight excluding hydrogens is 317 g/mol. The van der Waals surface area contributed by atoms with Gasteiger partial charge in [0, 0.05) is 0 Å². The number of allylic oxidation sites excluding steroid dienone is 1. The smallest absolute Gasteiger partial charge is 0.150 e. The molecule has 0 amide bonds. The lowest BCUT2D eigenvalue weighted by atomic mass is 10.0. The molecule has 0 fully saturated rings. The van der Waals surface area contributed by atoms with E-state index in [0.717, 1.165) is 24.0 Å². The molecule has 0 heterocycles. The highest BCUT2D eigenvalue weighted by atomic mass is 32.1. The van der Waals surface area contributed by atoms with Crippen LogP contribution in [0.3, 0.4) is 0 Å². The summed E-state index contributed by atoms with van der Waals surface area (Å²) in [4.78, 5) is 3.69. The van der Waals surface area contributed by atoms with E-state index in [1.807, 2.05) is 18.2 Å².